The van der Waals surface area contributed by atoms with Gasteiger partial charge in [-0.3, -0.25) is 0 Å². The Balaban J connectivity index is 2.20. The molecule has 0 amide bonds. The Morgan fingerprint density at radius 3 is 2.39 bits per heavy atom. The molecule has 1 saturated heterocycles. The molecule has 1 aromatic rings. The Morgan fingerprint density at radius 2 is 1.83 bits per heavy atom. The van der Waals surface area contributed by atoms with Crippen LogP contribution in [0.2, 0.25) is 0 Å². The molecule has 1 aromatic carbocycles. The zero-order chi connectivity index (χ0) is 13.0. The van der Waals surface area contributed by atoms with E-state index in [-0.39, 0.29) is 11.2 Å². The maximum Gasteiger partial charge on any atom is 0.123 e. The summed E-state index contributed by atoms with van der Waals surface area (Å²) < 4.78 is 18.5. The van der Waals surface area contributed by atoms with Gasteiger partial charge in [-0.1, -0.05) is 26.0 Å². The maximum atomic E-state index is 13.1. The van der Waals surface area contributed by atoms with E-state index in [0.29, 0.717) is 6.04 Å². The highest BCUT2D eigenvalue weighted by atomic mass is 19.1. The maximum absolute atomic E-state index is 13.1. The van der Waals surface area contributed by atoms with Crippen molar-refractivity contribution in [3.63, 3.8) is 0 Å². The third kappa shape index (κ3) is 3.09. The summed E-state index contributed by atoms with van der Waals surface area (Å²) in [6, 6.07) is 7.42. The predicted octanol–water partition coefficient (Wildman–Crippen LogP) is 2.87. The third-order valence-corrected chi connectivity index (χ3v) is 3.76. The molecule has 0 aliphatic carbocycles. The topological polar surface area (TPSA) is 21.3 Å². The van der Waals surface area contributed by atoms with Crippen molar-refractivity contribution in [1.29, 1.82) is 0 Å². The SMILES string of the molecule is CC(C)NCC1(c2ccc(F)cc2)CCOCC1. The molecule has 2 rings (SSSR count). The lowest BCUT2D eigenvalue weighted by molar-refractivity contribution is 0.0492. The summed E-state index contributed by atoms with van der Waals surface area (Å²) in [5, 5.41) is 3.52. The highest BCUT2D eigenvalue weighted by Gasteiger charge is 2.34. The van der Waals surface area contributed by atoms with Gasteiger partial charge in [0.05, 0.1) is 0 Å². The summed E-state index contributed by atoms with van der Waals surface area (Å²) in [5.41, 5.74) is 1.32. The molecule has 18 heavy (non-hydrogen) atoms. The second-order valence-corrected chi connectivity index (χ2v) is 5.44. The number of rotatable bonds is 4. The lowest BCUT2D eigenvalue weighted by Gasteiger charge is -2.38. The van der Waals surface area contributed by atoms with Gasteiger partial charge in [-0.2, -0.15) is 0 Å². The van der Waals surface area contributed by atoms with Crippen molar-refractivity contribution in [3.8, 4) is 0 Å². The fourth-order valence-corrected chi connectivity index (χ4v) is 2.53. The van der Waals surface area contributed by atoms with Crippen molar-refractivity contribution in [2.24, 2.45) is 0 Å². The number of nitrogens with one attached hydrogen (secondary N) is 1. The van der Waals surface area contributed by atoms with Crippen molar-refractivity contribution in [2.75, 3.05) is 19.8 Å². The zero-order valence-corrected chi connectivity index (χ0v) is 11.2. The molecular formula is C15H22FNO. The molecule has 0 atom stereocenters. The van der Waals surface area contributed by atoms with Crippen LogP contribution < -0.4 is 5.32 Å². The number of hydrogen-bond acceptors (Lipinski definition) is 2. The van der Waals surface area contributed by atoms with Gasteiger partial charge in [0.2, 0.25) is 0 Å². The minimum Gasteiger partial charge on any atom is -0.381 e. The molecule has 0 unspecified atom stereocenters. The first-order chi connectivity index (χ1) is 8.62. The largest absolute Gasteiger partial charge is 0.381 e. The molecule has 1 N–H and O–H groups in total. The second-order valence-electron chi connectivity index (χ2n) is 5.44. The van der Waals surface area contributed by atoms with E-state index in [1.54, 1.807) is 12.1 Å². The predicted molar refractivity (Wildman–Crippen MR) is 71.3 cm³/mol. The van der Waals surface area contributed by atoms with Crippen molar-refractivity contribution >= 4 is 0 Å². The van der Waals surface area contributed by atoms with Gasteiger partial charge in [-0.25, -0.2) is 4.39 Å². The van der Waals surface area contributed by atoms with Crippen LogP contribution in [0.3, 0.4) is 0 Å². The number of benzene rings is 1. The van der Waals surface area contributed by atoms with E-state index >= 15 is 0 Å². The molecule has 1 aliphatic rings. The van der Waals surface area contributed by atoms with Gasteiger partial charge in [0.15, 0.2) is 0 Å². The van der Waals surface area contributed by atoms with Crippen molar-refractivity contribution < 1.29 is 9.13 Å². The summed E-state index contributed by atoms with van der Waals surface area (Å²) in [4.78, 5) is 0. The molecule has 2 nitrogen and oxygen atoms in total. The standard InChI is InChI=1S/C15H22FNO/c1-12(2)17-11-15(7-9-18-10-8-15)13-3-5-14(16)6-4-13/h3-6,12,17H,7-11H2,1-2H3. The molecule has 100 valence electrons. The van der Waals surface area contributed by atoms with Gasteiger partial charge >= 0.3 is 0 Å². The lowest BCUT2D eigenvalue weighted by atomic mass is 9.74. The van der Waals surface area contributed by atoms with E-state index in [2.05, 4.69) is 19.2 Å². The van der Waals surface area contributed by atoms with Crippen molar-refractivity contribution in [3.05, 3.63) is 35.6 Å². The first kappa shape index (κ1) is 13.5. The molecule has 1 heterocycles. The molecule has 0 aromatic heterocycles. The van der Waals surface area contributed by atoms with Crippen LogP contribution in [-0.4, -0.2) is 25.8 Å². The van der Waals surface area contributed by atoms with Gasteiger partial charge < -0.3 is 10.1 Å². The summed E-state index contributed by atoms with van der Waals surface area (Å²) >= 11 is 0. The molecule has 0 radical (unpaired) electrons. The molecule has 1 fully saturated rings. The van der Waals surface area contributed by atoms with Crippen LogP contribution in [0.15, 0.2) is 24.3 Å². The van der Waals surface area contributed by atoms with Crippen LogP contribution in [0.4, 0.5) is 4.39 Å². The van der Waals surface area contributed by atoms with Crippen LogP contribution in [0.5, 0.6) is 0 Å². The van der Waals surface area contributed by atoms with Crippen LogP contribution >= 0.6 is 0 Å². The van der Waals surface area contributed by atoms with E-state index in [9.17, 15) is 4.39 Å². The summed E-state index contributed by atoms with van der Waals surface area (Å²) in [6.45, 7) is 6.81. The van der Waals surface area contributed by atoms with E-state index in [1.807, 2.05) is 12.1 Å². The minimum absolute atomic E-state index is 0.0935. The fraction of sp³-hybridized carbons (Fsp3) is 0.600. The van der Waals surface area contributed by atoms with E-state index in [4.69, 9.17) is 4.74 Å². The molecule has 0 bridgehead atoms. The molecule has 1 aliphatic heterocycles. The van der Waals surface area contributed by atoms with E-state index in [1.165, 1.54) is 5.56 Å². The van der Waals surface area contributed by atoms with Crippen molar-refractivity contribution in [1.82, 2.24) is 5.32 Å². The van der Waals surface area contributed by atoms with Crippen LogP contribution in [0, 0.1) is 5.82 Å². The molecular weight excluding hydrogens is 229 g/mol. The summed E-state index contributed by atoms with van der Waals surface area (Å²) in [7, 11) is 0. The van der Waals surface area contributed by atoms with Gasteiger partial charge in [-0.15, -0.1) is 0 Å². The summed E-state index contributed by atoms with van der Waals surface area (Å²) in [5.74, 6) is -0.169. The Hall–Kier alpha value is -0.930. The number of hydrogen-bond donors (Lipinski definition) is 1. The van der Waals surface area contributed by atoms with Gasteiger partial charge in [0, 0.05) is 31.2 Å². The summed E-state index contributed by atoms with van der Waals surface area (Å²) in [6.07, 6.45) is 2.00. The zero-order valence-electron chi connectivity index (χ0n) is 11.2. The Morgan fingerprint density at radius 1 is 1.22 bits per heavy atom. The number of ether oxygens (including phenoxy) is 1. The molecule has 0 spiro atoms. The highest BCUT2D eigenvalue weighted by Crippen LogP contribution is 2.34. The fourth-order valence-electron chi connectivity index (χ4n) is 2.53. The normalized spacial score (nSPS) is 19.1. The second kappa shape index (κ2) is 5.81. The monoisotopic (exact) mass is 251 g/mol. The highest BCUT2D eigenvalue weighted by molar-refractivity contribution is 5.27. The Labute approximate surface area is 109 Å². The lowest BCUT2D eigenvalue weighted by Crippen LogP contribution is -2.44. The van der Waals surface area contributed by atoms with Gasteiger partial charge in [0.1, 0.15) is 5.82 Å². The third-order valence-electron chi connectivity index (χ3n) is 3.76. The van der Waals surface area contributed by atoms with E-state index in [0.717, 1.165) is 32.6 Å². The minimum atomic E-state index is -0.169. The van der Waals surface area contributed by atoms with E-state index < -0.39 is 0 Å². The van der Waals surface area contributed by atoms with Gasteiger partial charge in [-0.05, 0) is 30.5 Å². The van der Waals surface area contributed by atoms with Crippen molar-refractivity contribution in [2.45, 2.75) is 38.1 Å². The van der Waals surface area contributed by atoms with Crippen LogP contribution in [-0.2, 0) is 10.2 Å². The van der Waals surface area contributed by atoms with Crippen LogP contribution in [0.25, 0.3) is 0 Å². The first-order valence-electron chi connectivity index (χ1n) is 6.70. The Kier molecular flexibility index (Phi) is 4.36. The molecule has 0 saturated carbocycles. The smallest absolute Gasteiger partial charge is 0.123 e. The first-order valence-corrected chi connectivity index (χ1v) is 6.70. The average Bonchev–Trinajstić information content (AvgIpc) is 2.38. The van der Waals surface area contributed by atoms with Gasteiger partial charge in [0.25, 0.3) is 0 Å². The Bertz CT molecular complexity index is 369. The quantitative estimate of drug-likeness (QED) is 0.888. The number of halogens is 1. The average molecular weight is 251 g/mol. The van der Waals surface area contributed by atoms with Crippen LogP contribution in [0.1, 0.15) is 32.3 Å². The molecule has 3 heteroatoms.